The third-order valence-electron chi connectivity index (χ3n) is 5.03. The minimum Gasteiger partial charge on any atom is -0.477 e. The number of carboxylic acid groups (broad SMARTS) is 1. The van der Waals surface area contributed by atoms with Gasteiger partial charge in [0.25, 0.3) is 11.8 Å². The van der Waals surface area contributed by atoms with Gasteiger partial charge in [0.15, 0.2) is 10.8 Å². The molecule has 2 aromatic rings. The third kappa shape index (κ3) is 4.67. The highest BCUT2D eigenvalue weighted by atomic mass is 32.2. The van der Waals surface area contributed by atoms with Crippen LogP contribution < -0.4 is 16.8 Å². The zero-order valence-electron chi connectivity index (χ0n) is 17.4. The van der Waals surface area contributed by atoms with Crippen LogP contribution in [0.3, 0.4) is 0 Å². The molecule has 2 aliphatic rings. The average Bonchev–Trinajstić information content (AvgIpc) is 3.24. The molecule has 0 unspecified atom stereocenters. The molecule has 2 aromatic heterocycles. The Balaban J connectivity index is 1.43. The number of carbonyl (C=O) groups excluding carboxylic acids is 2. The van der Waals surface area contributed by atoms with Crippen LogP contribution in [0.25, 0.3) is 0 Å². The second-order valence-electron chi connectivity index (χ2n) is 7.17. The van der Waals surface area contributed by atoms with Gasteiger partial charge in [-0.2, -0.15) is 0 Å². The Bertz CT molecular complexity index is 1200. The van der Waals surface area contributed by atoms with Crippen LogP contribution in [-0.4, -0.2) is 71.6 Å². The van der Waals surface area contributed by atoms with Gasteiger partial charge in [0.05, 0.1) is 16.9 Å². The number of rotatable bonds is 8. The van der Waals surface area contributed by atoms with Gasteiger partial charge >= 0.3 is 5.97 Å². The van der Waals surface area contributed by atoms with Crippen LogP contribution >= 0.6 is 34.9 Å². The number of hydrogen-bond donors (Lipinski definition) is 5. The van der Waals surface area contributed by atoms with Gasteiger partial charge in [0, 0.05) is 16.9 Å². The van der Waals surface area contributed by atoms with E-state index in [-0.39, 0.29) is 22.2 Å². The maximum Gasteiger partial charge on any atom is 0.352 e. The summed E-state index contributed by atoms with van der Waals surface area (Å²) in [4.78, 5) is 46.7. The third-order valence-corrected chi connectivity index (χ3v) is 7.99. The molecule has 4 rings (SSSR count). The van der Waals surface area contributed by atoms with E-state index in [1.54, 1.807) is 18.3 Å². The predicted octanol–water partition coefficient (Wildman–Crippen LogP) is 0.802. The Hall–Kier alpha value is -3.30. The lowest BCUT2D eigenvalue weighted by molar-refractivity contribution is -0.150. The Morgan fingerprint density at radius 1 is 1.35 bits per heavy atom. The number of aromatic nitrogens is 2. The van der Waals surface area contributed by atoms with Crippen LogP contribution in [0, 0.1) is 0 Å². The zero-order chi connectivity index (χ0) is 24.4. The number of nitrogens with one attached hydrogen (secondary N) is 1. The Morgan fingerprint density at radius 2 is 2.15 bits per heavy atom. The number of fused-ring (bicyclic) bond motifs is 1. The van der Waals surface area contributed by atoms with E-state index < -0.39 is 29.2 Å². The molecule has 0 spiro atoms. The van der Waals surface area contributed by atoms with E-state index >= 15 is 0 Å². The van der Waals surface area contributed by atoms with Crippen molar-refractivity contribution in [3.63, 3.8) is 0 Å². The van der Waals surface area contributed by atoms with E-state index in [1.165, 1.54) is 33.8 Å². The molecule has 34 heavy (non-hydrogen) atoms. The summed E-state index contributed by atoms with van der Waals surface area (Å²) in [6.07, 6.45) is 2.00. The molecular formula is C19H19N7O5S3. The summed E-state index contributed by atoms with van der Waals surface area (Å²) in [5, 5.41) is 26.3. The van der Waals surface area contributed by atoms with Crippen LogP contribution in [0.4, 0.5) is 10.8 Å². The van der Waals surface area contributed by atoms with Gasteiger partial charge in [-0.05, 0) is 24.1 Å². The number of oxime groups is 1. The second kappa shape index (κ2) is 9.90. The van der Waals surface area contributed by atoms with Crippen molar-refractivity contribution in [3.05, 3.63) is 40.7 Å². The fraction of sp³-hybridized carbons (Fsp3) is 0.263. The van der Waals surface area contributed by atoms with Crippen molar-refractivity contribution < 1.29 is 24.7 Å². The maximum atomic E-state index is 12.8. The van der Waals surface area contributed by atoms with Gasteiger partial charge in [-0.1, -0.05) is 5.16 Å². The highest BCUT2D eigenvalue weighted by Gasteiger charge is 2.54. The lowest BCUT2D eigenvalue weighted by Crippen LogP contribution is -2.71. The van der Waals surface area contributed by atoms with Crippen molar-refractivity contribution in [2.45, 2.75) is 22.9 Å². The number of nitrogens with zero attached hydrogens (tertiary/aromatic N) is 4. The molecule has 15 heteroatoms. The largest absolute Gasteiger partial charge is 0.477 e. The van der Waals surface area contributed by atoms with E-state index in [2.05, 4.69) is 20.4 Å². The first-order valence-electron chi connectivity index (χ1n) is 9.78. The molecule has 1 fully saturated rings. The summed E-state index contributed by atoms with van der Waals surface area (Å²) in [7, 11) is 0. The van der Waals surface area contributed by atoms with Gasteiger partial charge in [-0.3, -0.25) is 14.5 Å². The Labute approximate surface area is 205 Å². The van der Waals surface area contributed by atoms with E-state index in [1.807, 2.05) is 0 Å². The van der Waals surface area contributed by atoms with Crippen LogP contribution in [0.1, 0.15) is 12.1 Å². The highest BCUT2D eigenvalue weighted by Crippen LogP contribution is 2.41. The number of nitrogens with two attached hydrogens (primary N) is 2. The lowest BCUT2D eigenvalue weighted by atomic mass is 10.0. The molecule has 0 radical (unpaired) electrons. The summed E-state index contributed by atoms with van der Waals surface area (Å²) < 4.78 is 0. The van der Waals surface area contributed by atoms with Crippen molar-refractivity contribution in [3.8, 4) is 0 Å². The first kappa shape index (κ1) is 23.8. The van der Waals surface area contributed by atoms with Crippen molar-refractivity contribution >= 4 is 69.2 Å². The number of amides is 2. The first-order chi connectivity index (χ1) is 16.3. The SMILES string of the molecule is Nc1ccc(SCCC2=C(C(=O)O)N3C(=O)[C@@H](NC(=O)/C(=N\O)c4csc(N)n4)[C@H]3SC2)nc1. The minimum absolute atomic E-state index is 0.0616. The molecule has 0 aliphatic carbocycles. The van der Waals surface area contributed by atoms with Gasteiger partial charge in [0.1, 0.15) is 22.8 Å². The van der Waals surface area contributed by atoms with E-state index in [9.17, 15) is 24.7 Å². The summed E-state index contributed by atoms with van der Waals surface area (Å²) in [6.45, 7) is 0. The van der Waals surface area contributed by atoms with Gasteiger partial charge in [-0.15, -0.1) is 34.9 Å². The quantitative estimate of drug-likeness (QED) is 0.108. The standard InChI is InChI=1S/C19H19N7O5S3/c20-9-1-2-11(22-5-9)32-4-3-8-6-33-17-13(16(28)26(17)14(8)18(29)30)24-15(27)12(25-31)10-7-34-19(21)23-10/h1-2,5,7,13,17,31H,3-4,6,20H2,(H2,21,23)(H,24,27)(H,29,30)/b25-12-/t13-,17-/m1/s1. The highest BCUT2D eigenvalue weighted by molar-refractivity contribution is 8.00. The maximum absolute atomic E-state index is 12.8. The number of β-lactam (4-membered cyclic amide) rings is 1. The van der Waals surface area contributed by atoms with Crippen LogP contribution in [0.15, 0.2) is 45.2 Å². The number of pyridine rings is 1. The normalized spacial score (nSPS) is 20.1. The van der Waals surface area contributed by atoms with Gasteiger partial charge in [0.2, 0.25) is 0 Å². The number of thioether (sulfide) groups is 2. The first-order valence-corrected chi connectivity index (χ1v) is 12.7. The monoisotopic (exact) mass is 521 g/mol. The van der Waals surface area contributed by atoms with Crippen molar-refractivity contribution in [2.75, 3.05) is 23.0 Å². The Morgan fingerprint density at radius 3 is 2.76 bits per heavy atom. The minimum atomic E-state index is -1.20. The molecule has 0 aromatic carbocycles. The fourth-order valence-corrected chi connectivity index (χ4v) is 6.23. The molecule has 2 aliphatic heterocycles. The average molecular weight is 522 g/mol. The molecule has 0 saturated carbocycles. The number of carbonyl (C=O) groups is 3. The topological polar surface area (TPSA) is 197 Å². The molecule has 2 amide bonds. The number of anilines is 2. The van der Waals surface area contributed by atoms with Crippen molar-refractivity contribution in [1.29, 1.82) is 0 Å². The summed E-state index contributed by atoms with van der Waals surface area (Å²) in [5.74, 6) is -1.61. The number of aliphatic carboxylic acids is 1. The smallest absolute Gasteiger partial charge is 0.352 e. The summed E-state index contributed by atoms with van der Waals surface area (Å²) >= 11 is 3.88. The second-order valence-corrected chi connectivity index (χ2v) is 10.3. The van der Waals surface area contributed by atoms with Gasteiger partial charge < -0.3 is 27.1 Å². The number of carboxylic acids is 1. The number of thiazole rings is 1. The summed E-state index contributed by atoms with van der Waals surface area (Å²) in [5.41, 5.74) is 12.0. The van der Waals surface area contributed by atoms with E-state index in [0.717, 1.165) is 16.4 Å². The fourth-order valence-electron chi connectivity index (χ4n) is 3.45. The molecule has 0 bridgehead atoms. The molecule has 7 N–H and O–H groups in total. The Kier molecular flexibility index (Phi) is 6.95. The number of hydrogen-bond acceptors (Lipinski definition) is 12. The molecular weight excluding hydrogens is 502 g/mol. The molecule has 178 valence electrons. The van der Waals surface area contributed by atoms with Crippen molar-refractivity contribution in [1.82, 2.24) is 20.2 Å². The molecule has 12 nitrogen and oxygen atoms in total. The zero-order valence-corrected chi connectivity index (χ0v) is 19.8. The van der Waals surface area contributed by atoms with Crippen LogP contribution in [-0.2, 0) is 14.4 Å². The van der Waals surface area contributed by atoms with E-state index in [0.29, 0.717) is 29.2 Å². The number of nitrogen functional groups attached to an aromatic ring is 2. The van der Waals surface area contributed by atoms with E-state index in [4.69, 9.17) is 11.5 Å². The predicted molar refractivity (Wildman–Crippen MR) is 129 cm³/mol. The van der Waals surface area contributed by atoms with Gasteiger partial charge in [-0.25, -0.2) is 14.8 Å². The summed E-state index contributed by atoms with van der Waals surface area (Å²) in [6, 6.07) is 2.56. The lowest BCUT2D eigenvalue weighted by Gasteiger charge is -2.49. The molecule has 4 heterocycles. The van der Waals surface area contributed by atoms with Crippen LogP contribution in [0.2, 0.25) is 0 Å². The molecule has 2 atom stereocenters. The van der Waals surface area contributed by atoms with Crippen molar-refractivity contribution in [2.24, 2.45) is 5.16 Å². The molecule has 1 saturated heterocycles. The van der Waals surface area contributed by atoms with Crippen LogP contribution in [0.5, 0.6) is 0 Å².